The molecule has 3 rings (SSSR count). The highest BCUT2D eigenvalue weighted by molar-refractivity contribution is 6.30. The highest BCUT2D eigenvalue weighted by atomic mass is 35.5. The molecule has 0 spiro atoms. The lowest BCUT2D eigenvalue weighted by Gasteiger charge is -2.22. The van der Waals surface area contributed by atoms with Crippen LogP contribution in [-0.2, 0) is 4.79 Å². The Labute approximate surface area is 186 Å². The van der Waals surface area contributed by atoms with Gasteiger partial charge in [0.25, 0.3) is 0 Å². The van der Waals surface area contributed by atoms with Crippen LogP contribution in [0.4, 0.5) is 0 Å². The topological polar surface area (TPSA) is 66.8 Å². The molecule has 5 nitrogen and oxygen atoms in total. The van der Waals surface area contributed by atoms with E-state index in [-0.39, 0.29) is 18.4 Å². The van der Waals surface area contributed by atoms with Crippen LogP contribution in [0.1, 0.15) is 34.0 Å². The van der Waals surface area contributed by atoms with Crippen molar-refractivity contribution in [3.8, 4) is 5.75 Å². The summed E-state index contributed by atoms with van der Waals surface area (Å²) in [5.74, 6) is -0.304. The fraction of sp³-hybridized carbons (Fsp3) is 0.200. The van der Waals surface area contributed by atoms with Gasteiger partial charge in [0.05, 0.1) is 6.54 Å². The van der Waals surface area contributed by atoms with Gasteiger partial charge < -0.3 is 9.84 Å². The molecular weight excluding hydrogens is 414 g/mol. The van der Waals surface area contributed by atoms with Crippen molar-refractivity contribution < 1.29 is 19.4 Å². The summed E-state index contributed by atoms with van der Waals surface area (Å²) in [5, 5.41) is 9.55. The van der Waals surface area contributed by atoms with Crippen molar-refractivity contribution in [2.45, 2.75) is 12.5 Å². The third kappa shape index (κ3) is 6.67. The smallest absolute Gasteiger partial charge is 0.317 e. The van der Waals surface area contributed by atoms with Gasteiger partial charge in [-0.2, -0.15) is 0 Å². The number of hydrogen-bond acceptors (Lipinski definition) is 4. The summed E-state index contributed by atoms with van der Waals surface area (Å²) in [7, 11) is 1.77. The molecule has 3 aromatic carbocycles. The van der Waals surface area contributed by atoms with Gasteiger partial charge in [-0.05, 0) is 61.1 Å². The van der Waals surface area contributed by atoms with Gasteiger partial charge in [0.2, 0.25) is 0 Å². The molecule has 0 aliphatic heterocycles. The number of hydrogen-bond donors (Lipinski definition) is 1. The van der Waals surface area contributed by atoms with E-state index in [1.807, 2.05) is 30.3 Å². The molecule has 0 heterocycles. The number of halogens is 1. The molecule has 0 saturated heterocycles. The summed E-state index contributed by atoms with van der Waals surface area (Å²) in [6.45, 7) is 0.544. The van der Waals surface area contributed by atoms with Gasteiger partial charge in [-0.3, -0.25) is 14.5 Å². The minimum absolute atomic E-state index is 0.0248. The van der Waals surface area contributed by atoms with Gasteiger partial charge in [0, 0.05) is 29.1 Å². The van der Waals surface area contributed by atoms with Crippen LogP contribution in [0, 0.1) is 0 Å². The molecular formula is C25H24ClNO4. The van der Waals surface area contributed by atoms with Gasteiger partial charge in [0.1, 0.15) is 11.9 Å². The van der Waals surface area contributed by atoms with Crippen molar-refractivity contribution in [1.82, 2.24) is 4.90 Å². The molecule has 3 aromatic rings. The molecule has 1 N–H and O–H groups in total. The molecule has 31 heavy (non-hydrogen) atoms. The van der Waals surface area contributed by atoms with Gasteiger partial charge in [-0.1, -0.05) is 41.9 Å². The van der Waals surface area contributed by atoms with E-state index in [0.717, 1.165) is 5.56 Å². The minimum Gasteiger partial charge on any atom is -0.486 e. The quantitative estimate of drug-likeness (QED) is 0.447. The van der Waals surface area contributed by atoms with Crippen LogP contribution in [0.25, 0.3) is 0 Å². The van der Waals surface area contributed by atoms with E-state index in [2.05, 4.69) is 0 Å². The summed E-state index contributed by atoms with van der Waals surface area (Å²) in [5.41, 5.74) is 2.14. The standard InChI is InChI=1S/C25H24ClNO4/c1-27(17-24(28)29)16-15-23(18-5-3-2-4-6-18)31-22-13-9-20(10-14-22)25(30)19-7-11-21(26)12-8-19/h2-14,23H,15-17H2,1H3,(H,28,29). The number of ketones is 1. The van der Waals surface area contributed by atoms with Crippen molar-refractivity contribution in [3.63, 3.8) is 0 Å². The molecule has 1 atom stereocenters. The Bertz CT molecular complexity index is 1000. The monoisotopic (exact) mass is 437 g/mol. The zero-order valence-electron chi connectivity index (χ0n) is 17.2. The van der Waals surface area contributed by atoms with E-state index < -0.39 is 5.97 Å². The second-order valence-corrected chi connectivity index (χ2v) is 7.73. The van der Waals surface area contributed by atoms with Crippen LogP contribution in [-0.4, -0.2) is 41.9 Å². The minimum atomic E-state index is -0.861. The molecule has 0 bridgehead atoms. The maximum absolute atomic E-state index is 12.6. The lowest BCUT2D eigenvalue weighted by Crippen LogP contribution is -2.28. The highest BCUT2D eigenvalue weighted by Crippen LogP contribution is 2.26. The molecule has 0 aliphatic rings. The second-order valence-electron chi connectivity index (χ2n) is 7.30. The number of benzene rings is 3. The van der Waals surface area contributed by atoms with Gasteiger partial charge >= 0.3 is 5.97 Å². The van der Waals surface area contributed by atoms with Crippen LogP contribution >= 0.6 is 11.6 Å². The predicted molar refractivity (Wildman–Crippen MR) is 121 cm³/mol. The van der Waals surface area contributed by atoms with E-state index in [1.54, 1.807) is 60.5 Å². The molecule has 0 radical (unpaired) electrons. The van der Waals surface area contributed by atoms with Crippen LogP contribution in [0.2, 0.25) is 5.02 Å². The van der Waals surface area contributed by atoms with Crippen LogP contribution in [0.15, 0.2) is 78.9 Å². The fourth-order valence-corrected chi connectivity index (χ4v) is 3.35. The predicted octanol–water partition coefficient (Wildman–Crippen LogP) is 5.10. The Morgan fingerprint density at radius 2 is 1.52 bits per heavy atom. The SMILES string of the molecule is CN(CCC(Oc1ccc(C(=O)c2ccc(Cl)cc2)cc1)c1ccccc1)CC(=O)O. The molecule has 0 aliphatic carbocycles. The van der Waals surface area contributed by atoms with Crippen molar-refractivity contribution in [1.29, 1.82) is 0 Å². The summed E-state index contributed by atoms with van der Waals surface area (Å²) in [4.78, 5) is 25.3. The van der Waals surface area contributed by atoms with Gasteiger partial charge in [0.15, 0.2) is 5.78 Å². The number of likely N-dealkylation sites (N-methyl/N-ethyl adjacent to an activating group) is 1. The average molecular weight is 438 g/mol. The largest absolute Gasteiger partial charge is 0.486 e. The van der Waals surface area contributed by atoms with Crippen molar-refractivity contribution in [3.05, 3.63) is 101 Å². The number of rotatable bonds is 10. The Balaban J connectivity index is 1.71. The van der Waals surface area contributed by atoms with E-state index in [1.165, 1.54) is 0 Å². The molecule has 6 heteroatoms. The van der Waals surface area contributed by atoms with E-state index in [4.69, 9.17) is 21.4 Å². The number of aliphatic carboxylic acids is 1. The molecule has 0 aromatic heterocycles. The molecule has 1 unspecified atom stereocenters. The van der Waals surface area contributed by atoms with Gasteiger partial charge in [-0.15, -0.1) is 0 Å². The normalized spacial score (nSPS) is 11.8. The first kappa shape index (κ1) is 22.5. The lowest BCUT2D eigenvalue weighted by atomic mass is 10.0. The second kappa shape index (κ2) is 10.8. The van der Waals surface area contributed by atoms with Gasteiger partial charge in [-0.25, -0.2) is 0 Å². The number of nitrogens with zero attached hydrogens (tertiary/aromatic N) is 1. The summed E-state index contributed by atoms with van der Waals surface area (Å²) >= 11 is 5.89. The average Bonchev–Trinajstić information content (AvgIpc) is 2.77. The fourth-order valence-electron chi connectivity index (χ4n) is 3.23. The lowest BCUT2D eigenvalue weighted by molar-refractivity contribution is -0.138. The zero-order valence-corrected chi connectivity index (χ0v) is 18.0. The zero-order chi connectivity index (χ0) is 22.2. The number of carboxylic acids is 1. The van der Waals surface area contributed by atoms with E-state index in [9.17, 15) is 9.59 Å². The Kier molecular flexibility index (Phi) is 7.82. The first-order valence-corrected chi connectivity index (χ1v) is 10.3. The molecule has 0 amide bonds. The Morgan fingerprint density at radius 1 is 0.935 bits per heavy atom. The number of carbonyl (C=O) groups excluding carboxylic acids is 1. The first-order valence-electron chi connectivity index (χ1n) is 9.94. The highest BCUT2D eigenvalue weighted by Gasteiger charge is 2.16. The van der Waals surface area contributed by atoms with Crippen LogP contribution in [0.3, 0.4) is 0 Å². The van der Waals surface area contributed by atoms with Crippen molar-refractivity contribution in [2.24, 2.45) is 0 Å². The number of carbonyl (C=O) groups is 2. The van der Waals surface area contributed by atoms with Crippen molar-refractivity contribution >= 4 is 23.4 Å². The Morgan fingerprint density at radius 3 is 2.10 bits per heavy atom. The summed E-state index contributed by atoms with van der Waals surface area (Å²) in [6, 6.07) is 23.6. The number of carboxylic acid groups (broad SMARTS) is 1. The first-order chi connectivity index (χ1) is 14.9. The Hall–Kier alpha value is -3.15. The van der Waals surface area contributed by atoms with Crippen LogP contribution < -0.4 is 4.74 Å². The van der Waals surface area contributed by atoms with Crippen LogP contribution in [0.5, 0.6) is 5.75 Å². The van der Waals surface area contributed by atoms with Crippen molar-refractivity contribution in [2.75, 3.05) is 20.1 Å². The molecule has 0 saturated carbocycles. The maximum Gasteiger partial charge on any atom is 0.317 e. The summed E-state index contributed by atoms with van der Waals surface area (Å²) < 4.78 is 6.21. The van der Waals surface area contributed by atoms with E-state index in [0.29, 0.717) is 34.9 Å². The van der Waals surface area contributed by atoms with E-state index >= 15 is 0 Å². The molecule has 0 fully saturated rings. The third-order valence-electron chi connectivity index (χ3n) is 4.85. The number of ether oxygens (including phenoxy) is 1. The molecule has 160 valence electrons. The third-order valence-corrected chi connectivity index (χ3v) is 5.10. The maximum atomic E-state index is 12.6. The summed E-state index contributed by atoms with van der Waals surface area (Å²) in [6.07, 6.45) is 0.384.